The molecular formula is C11H20O2. The zero-order valence-electron chi connectivity index (χ0n) is 8.55. The first-order valence-corrected chi connectivity index (χ1v) is 5.51. The van der Waals surface area contributed by atoms with Crippen molar-refractivity contribution in [3.8, 4) is 0 Å². The van der Waals surface area contributed by atoms with Gasteiger partial charge in [0.2, 0.25) is 0 Å². The van der Waals surface area contributed by atoms with Gasteiger partial charge < -0.3 is 4.74 Å². The molecule has 13 heavy (non-hydrogen) atoms. The van der Waals surface area contributed by atoms with Crippen molar-refractivity contribution in [2.24, 2.45) is 5.92 Å². The normalized spacial score (nSPS) is 17.6. The zero-order valence-corrected chi connectivity index (χ0v) is 8.55. The number of hydrogen-bond acceptors (Lipinski definition) is 2. The first kappa shape index (κ1) is 10.6. The van der Waals surface area contributed by atoms with Gasteiger partial charge in [0, 0.05) is 0 Å². The van der Waals surface area contributed by atoms with E-state index < -0.39 is 0 Å². The van der Waals surface area contributed by atoms with Gasteiger partial charge in [-0.05, 0) is 19.3 Å². The molecule has 0 amide bonds. The summed E-state index contributed by atoms with van der Waals surface area (Å²) in [6, 6.07) is 0. The van der Waals surface area contributed by atoms with Gasteiger partial charge in [-0.15, -0.1) is 0 Å². The highest BCUT2D eigenvalue weighted by Crippen LogP contribution is 2.25. The van der Waals surface area contributed by atoms with E-state index in [2.05, 4.69) is 6.92 Å². The average Bonchev–Trinajstić information content (AvgIpc) is 2.65. The van der Waals surface area contributed by atoms with Crippen molar-refractivity contribution in [1.29, 1.82) is 0 Å². The van der Waals surface area contributed by atoms with E-state index in [0.29, 0.717) is 6.61 Å². The highest BCUT2D eigenvalue weighted by Gasteiger charge is 2.23. The summed E-state index contributed by atoms with van der Waals surface area (Å²) in [6.45, 7) is 2.78. The zero-order chi connectivity index (χ0) is 9.52. The van der Waals surface area contributed by atoms with Crippen LogP contribution in [0.25, 0.3) is 0 Å². The van der Waals surface area contributed by atoms with E-state index in [1.807, 2.05) is 0 Å². The Bertz CT molecular complexity index is 148. The fourth-order valence-corrected chi connectivity index (χ4v) is 1.80. The maximum Gasteiger partial charge on any atom is 0.308 e. The lowest BCUT2D eigenvalue weighted by Gasteiger charge is -2.08. The summed E-state index contributed by atoms with van der Waals surface area (Å²) >= 11 is 0. The number of carbonyl (C=O) groups excluding carboxylic acids is 1. The third-order valence-electron chi connectivity index (χ3n) is 2.68. The first-order valence-electron chi connectivity index (χ1n) is 5.51. The maximum atomic E-state index is 11.4. The Morgan fingerprint density at radius 3 is 2.62 bits per heavy atom. The van der Waals surface area contributed by atoms with Crippen LogP contribution in [0.1, 0.15) is 51.9 Å². The molecule has 0 atom stereocenters. The lowest BCUT2D eigenvalue weighted by atomic mass is 10.1. The van der Waals surface area contributed by atoms with Gasteiger partial charge >= 0.3 is 5.97 Å². The lowest BCUT2D eigenvalue weighted by molar-refractivity contribution is -0.148. The van der Waals surface area contributed by atoms with Crippen LogP contribution >= 0.6 is 0 Å². The molecule has 2 heteroatoms. The van der Waals surface area contributed by atoms with Crippen LogP contribution in [0.4, 0.5) is 0 Å². The van der Waals surface area contributed by atoms with Gasteiger partial charge in [0.1, 0.15) is 0 Å². The minimum Gasteiger partial charge on any atom is -0.465 e. The SMILES string of the molecule is CCCCCOC(=O)C1CCCC1. The van der Waals surface area contributed by atoms with Gasteiger partial charge in [0.15, 0.2) is 0 Å². The Morgan fingerprint density at radius 1 is 1.31 bits per heavy atom. The van der Waals surface area contributed by atoms with Crippen LogP contribution in [0.3, 0.4) is 0 Å². The topological polar surface area (TPSA) is 26.3 Å². The van der Waals surface area contributed by atoms with Crippen molar-refractivity contribution in [3.05, 3.63) is 0 Å². The van der Waals surface area contributed by atoms with Crippen LogP contribution in [0.15, 0.2) is 0 Å². The Kier molecular flexibility index (Phi) is 4.87. The standard InChI is InChI=1S/C11H20O2/c1-2-3-6-9-13-11(12)10-7-4-5-8-10/h10H,2-9H2,1H3. The number of hydrogen-bond donors (Lipinski definition) is 0. The van der Waals surface area contributed by atoms with Crippen molar-refractivity contribution in [2.45, 2.75) is 51.9 Å². The highest BCUT2D eigenvalue weighted by molar-refractivity contribution is 5.72. The second kappa shape index (κ2) is 6.01. The average molecular weight is 184 g/mol. The highest BCUT2D eigenvalue weighted by atomic mass is 16.5. The monoisotopic (exact) mass is 184 g/mol. The summed E-state index contributed by atoms with van der Waals surface area (Å²) in [5.41, 5.74) is 0. The molecule has 0 N–H and O–H groups in total. The summed E-state index contributed by atoms with van der Waals surface area (Å²) in [5, 5.41) is 0. The van der Waals surface area contributed by atoms with E-state index in [4.69, 9.17) is 4.74 Å². The molecule has 0 heterocycles. The molecule has 1 aliphatic rings. The summed E-state index contributed by atoms with van der Waals surface area (Å²) in [6.07, 6.45) is 7.87. The third kappa shape index (κ3) is 3.79. The van der Waals surface area contributed by atoms with Gasteiger partial charge in [0.05, 0.1) is 12.5 Å². The second-order valence-corrected chi connectivity index (χ2v) is 3.86. The summed E-state index contributed by atoms with van der Waals surface area (Å²) in [4.78, 5) is 11.4. The summed E-state index contributed by atoms with van der Waals surface area (Å²) < 4.78 is 5.19. The second-order valence-electron chi connectivity index (χ2n) is 3.86. The van der Waals surface area contributed by atoms with Crippen LogP contribution in [0, 0.1) is 5.92 Å². The fourth-order valence-electron chi connectivity index (χ4n) is 1.80. The summed E-state index contributed by atoms with van der Waals surface area (Å²) in [5.74, 6) is 0.273. The van der Waals surface area contributed by atoms with Gasteiger partial charge in [0.25, 0.3) is 0 Å². The molecule has 0 aromatic carbocycles. The van der Waals surface area contributed by atoms with Crippen molar-refractivity contribution < 1.29 is 9.53 Å². The smallest absolute Gasteiger partial charge is 0.308 e. The van der Waals surface area contributed by atoms with Crippen molar-refractivity contribution in [3.63, 3.8) is 0 Å². The summed E-state index contributed by atoms with van der Waals surface area (Å²) in [7, 11) is 0. The number of rotatable bonds is 5. The van der Waals surface area contributed by atoms with Crippen LogP contribution in [-0.2, 0) is 9.53 Å². The van der Waals surface area contributed by atoms with Gasteiger partial charge in [-0.2, -0.15) is 0 Å². The number of carbonyl (C=O) groups is 1. The molecule has 0 aliphatic heterocycles. The molecule has 2 nitrogen and oxygen atoms in total. The third-order valence-corrected chi connectivity index (χ3v) is 2.68. The van der Waals surface area contributed by atoms with E-state index in [1.54, 1.807) is 0 Å². The predicted octanol–water partition coefficient (Wildman–Crippen LogP) is 2.91. The molecule has 0 aromatic rings. The van der Waals surface area contributed by atoms with Crippen LogP contribution in [0.2, 0.25) is 0 Å². The number of unbranched alkanes of at least 4 members (excludes halogenated alkanes) is 2. The van der Waals surface area contributed by atoms with E-state index in [0.717, 1.165) is 25.7 Å². The molecule has 0 saturated heterocycles. The van der Waals surface area contributed by atoms with Gasteiger partial charge in [-0.3, -0.25) is 4.79 Å². The Morgan fingerprint density at radius 2 is 2.00 bits per heavy atom. The Labute approximate surface area is 80.7 Å². The van der Waals surface area contributed by atoms with Crippen molar-refractivity contribution in [1.82, 2.24) is 0 Å². The molecule has 1 rings (SSSR count). The fraction of sp³-hybridized carbons (Fsp3) is 0.909. The van der Waals surface area contributed by atoms with Gasteiger partial charge in [-0.25, -0.2) is 0 Å². The molecular weight excluding hydrogens is 164 g/mol. The van der Waals surface area contributed by atoms with Crippen molar-refractivity contribution >= 4 is 5.97 Å². The quantitative estimate of drug-likeness (QED) is 0.485. The minimum atomic E-state index is 0.0496. The van der Waals surface area contributed by atoms with E-state index in [1.165, 1.54) is 19.3 Å². The van der Waals surface area contributed by atoms with Crippen LogP contribution in [0.5, 0.6) is 0 Å². The Hall–Kier alpha value is -0.530. The van der Waals surface area contributed by atoms with E-state index >= 15 is 0 Å². The molecule has 0 aromatic heterocycles. The first-order chi connectivity index (χ1) is 6.34. The maximum absolute atomic E-state index is 11.4. The number of esters is 1. The van der Waals surface area contributed by atoms with Crippen molar-refractivity contribution in [2.75, 3.05) is 6.61 Å². The molecule has 0 bridgehead atoms. The Balaban J connectivity index is 2.03. The molecule has 76 valence electrons. The molecule has 1 aliphatic carbocycles. The minimum absolute atomic E-state index is 0.0496. The molecule has 1 fully saturated rings. The van der Waals surface area contributed by atoms with Crippen LogP contribution < -0.4 is 0 Å². The molecule has 1 saturated carbocycles. The molecule has 0 unspecified atom stereocenters. The van der Waals surface area contributed by atoms with Crippen LogP contribution in [-0.4, -0.2) is 12.6 Å². The number of ether oxygens (including phenoxy) is 1. The van der Waals surface area contributed by atoms with Gasteiger partial charge in [-0.1, -0.05) is 32.6 Å². The lowest BCUT2D eigenvalue weighted by Crippen LogP contribution is -2.15. The molecule has 0 spiro atoms. The molecule has 0 radical (unpaired) electrons. The largest absolute Gasteiger partial charge is 0.465 e. The van der Waals surface area contributed by atoms with E-state index in [9.17, 15) is 4.79 Å². The predicted molar refractivity (Wildman–Crippen MR) is 52.4 cm³/mol. The van der Waals surface area contributed by atoms with E-state index in [-0.39, 0.29) is 11.9 Å².